The van der Waals surface area contributed by atoms with Crippen molar-refractivity contribution >= 4 is 11.7 Å². The maximum atomic E-state index is 13.4. The molecule has 30 heavy (non-hydrogen) atoms. The fraction of sp³-hybridized carbons (Fsp3) is 0.409. The zero-order valence-electron chi connectivity index (χ0n) is 16.7. The number of amides is 2. The molecule has 1 N–H and O–H groups in total. The van der Waals surface area contributed by atoms with E-state index in [1.54, 1.807) is 4.90 Å². The lowest BCUT2D eigenvalue weighted by molar-refractivity contribution is -0.137. The maximum Gasteiger partial charge on any atom is 0.416 e. The number of carbonyl (C=O) groups excluding carboxylic acids is 1. The number of nitrogens with one attached hydrogen (secondary N) is 1. The Labute approximate surface area is 172 Å². The fourth-order valence-electron chi connectivity index (χ4n) is 4.65. The van der Waals surface area contributed by atoms with Crippen molar-refractivity contribution in [3.05, 3.63) is 65.0 Å². The summed E-state index contributed by atoms with van der Waals surface area (Å²) in [6.45, 7) is 5.26. The lowest BCUT2D eigenvalue weighted by Gasteiger charge is -2.38. The minimum absolute atomic E-state index is 0.0488. The molecule has 0 radical (unpaired) electrons. The number of hydrogen-bond acceptors (Lipinski definition) is 2. The summed E-state index contributed by atoms with van der Waals surface area (Å²) >= 11 is 0. The van der Waals surface area contributed by atoms with Crippen LogP contribution in [0.25, 0.3) is 0 Å². The first-order valence-electron chi connectivity index (χ1n) is 9.90. The van der Waals surface area contributed by atoms with E-state index in [4.69, 9.17) is 0 Å². The normalized spacial score (nSPS) is 22.4. The van der Waals surface area contributed by atoms with Crippen LogP contribution in [0.2, 0.25) is 0 Å². The predicted molar refractivity (Wildman–Crippen MR) is 106 cm³/mol. The van der Waals surface area contributed by atoms with Crippen molar-refractivity contribution in [2.75, 3.05) is 18.4 Å². The number of carbonyl (C=O) groups is 1. The highest BCUT2D eigenvalue weighted by Crippen LogP contribution is 2.38. The average Bonchev–Trinajstić information content (AvgIpc) is 3.28. The number of halogens is 4. The summed E-state index contributed by atoms with van der Waals surface area (Å²) in [7, 11) is 0. The van der Waals surface area contributed by atoms with E-state index in [1.165, 1.54) is 24.3 Å². The molecule has 0 aromatic heterocycles. The van der Waals surface area contributed by atoms with Gasteiger partial charge in [0.25, 0.3) is 0 Å². The van der Waals surface area contributed by atoms with Gasteiger partial charge in [0.1, 0.15) is 5.82 Å². The molecule has 4 rings (SSSR count). The number of likely N-dealkylation sites (tertiary alicyclic amines) is 2. The summed E-state index contributed by atoms with van der Waals surface area (Å²) in [5, 5.41) is 2.70. The molecule has 2 heterocycles. The Kier molecular flexibility index (Phi) is 5.22. The van der Waals surface area contributed by atoms with Crippen LogP contribution in [0.5, 0.6) is 0 Å². The second kappa shape index (κ2) is 7.58. The van der Waals surface area contributed by atoms with Crippen molar-refractivity contribution < 1.29 is 22.4 Å². The van der Waals surface area contributed by atoms with E-state index in [9.17, 15) is 22.4 Å². The van der Waals surface area contributed by atoms with Gasteiger partial charge in [-0.1, -0.05) is 6.07 Å². The van der Waals surface area contributed by atoms with E-state index < -0.39 is 11.7 Å². The number of urea groups is 1. The summed E-state index contributed by atoms with van der Waals surface area (Å²) < 4.78 is 51.5. The lowest BCUT2D eigenvalue weighted by atomic mass is 10.0. The van der Waals surface area contributed by atoms with E-state index >= 15 is 0 Å². The smallest absolute Gasteiger partial charge is 0.319 e. The van der Waals surface area contributed by atoms with Crippen LogP contribution in [-0.2, 0) is 6.18 Å². The zero-order chi connectivity index (χ0) is 21.6. The van der Waals surface area contributed by atoms with Crippen molar-refractivity contribution in [3.63, 3.8) is 0 Å². The largest absolute Gasteiger partial charge is 0.416 e. The molecule has 2 aromatic rings. The van der Waals surface area contributed by atoms with Gasteiger partial charge in [0.15, 0.2) is 0 Å². The molecule has 2 bridgehead atoms. The number of fused-ring (bicyclic) bond motifs is 2. The molecule has 2 aromatic carbocycles. The van der Waals surface area contributed by atoms with Gasteiger partial charge >= 0.3 is 12.2 Å². The minimum atomic E-state index is -4.40. The second-order valence-corrected chi connectivity index (χ2v) is 8.07. The predicted octanol–water partition coefficient (Wildman–Crippen LogP) is 5.20. The van der Waals surface area contributed by atoms with Crippen molar-refractivity contribution in [1.29, 1.82) is 0 Å². The summed E-state index contributed by atoms with van der Waals surface area (Å²) in [5.74, 6) is -0.252. The molecule has 8 heteroatoms. The first kappa shape index (κ1) is 20.7. The molecule has 0 aliphatic carbocycles. The Morgan fingerprint density at radius 1 is 1.10 bits per heavy atom. The number of anilines is 1. The Hall–Kier alpha value is -2.61. The molecule has 3 unspecified atom stereocenters. The molecule has 0 saturated carbocycles. The van der Waals surface area contributed by atoms with E-state index in [2.05, 4.69) is 17.1 Å². The highest BCUT2D eigenvalue weighted by Gasteiger charge is 2.47. The van der Waals surface area contributed by atoms with Gasteiger partial charge in [-0.3, -0.25) is 4.90 Å². The third-order valence-electron chi connectivity index (χ3n) is 6.19. The van der Waals surface area contributed by atoms with Crippen LogP contribution in [0, 0.1) is 12.7 Å². The van der Waals surface area contributed by atoms with Crippen molar-refractivity contribution in [2.24, 2.45) is 0 Å². The number of benzene rings is 2. The molecule has 2 aliphatic rings. The SMILES string of the molecule is Cc1cc(F)ccc1C(C)N1CC2CC1CN2C(=O)Nc1ccc(C(F)(F)F)cc1. The van der Waals surface area contributed by atoms with Crippen LogP contribution in [-0.4, -0.2) is 41.0 Å². The second-order valence-electron chi connectivity index (χ2n) is 8.07. The molecule has 2 saturated heterocycles. The quantitative estimate of drug-likeness (QED) is 0.691. The summed E-state index contributed by atoms with van der Waals surface area (Å²) in [6, 6.07) is 9.33. The van der Waals surface area contributed by atoms with E-state index in [0.717, 1.165) is 29.7 Å². The average molecular weight is 421 g/mol. The third kappa shape index (κ3) is 3.88. The highest BCUT2D eigenvalue weighted by molar-refractivity contribution is 5.90. The number of rotatable bonds is 3. The van der Waals surface area contributed by atoms with Gasteiger partial charge < -0.3 is 10.2 Å². The van der Waals surface area contributed by atoms with Gasteiger partial charge in [-0.2, -0.15) is 13.2 Å². The van der Waals surface area contributed by atoms with E-state index in [1.807, 2.05) is 13.0 Å². The number of piperazine rings is 1. The molecule has 2 aliphatic heterocycles. The summed E-state index contributed by atoms with van der Waals surface area (Å²) in [5.41, 5.74) is 1.57. The number of aryl methyl sites for hydroxylation is 1. The molecule has 0 spiro atoms. The van der Waals surface area contributed by atoms with Crippen LogP contribution in [0.4, 0.5) is 28.0 Å². The van der Waals surface area contributed by atoms with Crippen LogP contribution < -0.4 is 5.32 Å². The van der Waals surface area contributed by atoms with Crippen LogP contribution in [0.15, 0.2) is 42.5 Å². The molecular formula is C22H23F4N3O. The van der Waals surface area contributed by atoms with Crippen molar-refractivity contribution in [3.8, 4) is 0 Å². The molecule has 3 atom stereocenters. The number of hydrogen-bond donors (Lipinski definition) is 1. The van der Waals surface area contributed by atoms with E-state index in [-0.39, 0.29) is 30.0 Å². The van der Waals surface area contributed by atoms with Crippen molar-refractivity contribution in [2.45, 2.75) is 44.6 Å². The van der Waals surface area contributed by atoms with Crippen molar-refractivity contribution in [1.82, 2.24) is 9.80 Å². The zero-order valence-corrected chi connectivity index (χ0v) is 16.7. The van der Waals surface area contributed by atoms with Crippen LogP contribution >= 0.6 is 0 Å². The Morgan fingerprint density at radius 2 is 1.80 bits per heavy atom. The van der Waals surface area contributed by atoms with E-state index in [0.29, 0.717) is 18.8 Å². The first-order valence-corrected chi connectivity index (χ1v) is 9.90. The Morgan fingerprint density at radius 3 is 2.37 bits per heavy atom. The number of nitrogens with zero attached hydrogens (tertiary/aromatic N) is 2. The van der Waals surface area contributed by atoms with Gasteiger partial charge in [0, 0.05) is 36.9 Å². The standard InChI is InChI=1S/C22H23F4N3O/c1-13-9-16(23)5-8-20(13)14(2)28-11-19-10-18(28)12-29(19)21(30)27-17-6-3-15(4-7-17)22(24,25)26/h3-9,14,18-19H,10-12H2,1-2H3,(H,27,30). The highest BCUT2D eigenvalue weighted by atomic mass is 19.4. The number of alkyl halides is 3. The van der Waals surface area contributed by atoms with Gasteiger partial charge in [-0.15, -0.1) is 0 Å². The van der Waals surface area contributed by atoms with Gasteiger partial charge in [0.05, 0.1) is 5.56 Å². The Balaban J connectivity index is 1.38. The molecule has 2 fully saturated rings. The Bertz CT molecular complexity index is 944. The maximum absolute atomic E-state index is 13.4. The third-order valence-corrected chi connectivity index (χ3v) is 6.19. The minimum Gasteiger partial charge on any atom is -0.319 e. The molecular weight excluding hydrogens is 398 g/mol. The lowest BCUT2D eigenvalue weighted by Crippen LogP contribution is -2.50. The molecule has 160 valence electrons. The fourth-order valence-corrected chi connectivity index (χ4v) is 4.65. The topological polar surface area (TPSA) is 35.6 Å². The first-order chi connectivity index (χ1) is 14.1. The summed E-state index contributed by atoms with van der Waals surface area (Å²) in [6.07, 6.45) is -3.55. The van der Waals surface area contributed by atoms with Crippen LogP contribution in [0.1, 0.15) is 36.1 Å². The molecule has 2 amide bonds. The summed E-state index contributed by atoms with van der Waals surface area (Å²) in [4.78, 5) is 16.8. The monoisotopic (exact) mass is 421 g/mol. The van der Waals surface area contributed by atoms with Gasteiger partial charge in [-0.05, 0) is 67.8 Å². The van der Waals surface area contributed by atoms with Crippen LogP contribution in [0.3, 0.4) is 0 Å². The molecule has 4 nitrogen and oxygen atoms in total. The van der Waals surface area contributed by atoms with Gasteiger partial charge in [0.2, 0.25) is 0 Å². The van der Waals surface area contributed by atoms with Gasteiger partial charge in [-0.25, -0.2) is 9.18 Å².